The summed E-state index contributed by atoms with van der Waals surface area (Å²) in [5, 5.41) is 17.8. The summed E-state index contributed by atoms with van der Waals surface area (Å²) in [7, 11) is 0. The van der Waals surface area contributed by atoms with E-state index in [2.05, 4.69) is 35.1 Å². The average Bonchev–Trinajstić information content (AvgIpc) is 3.25. The minimum absolute atomic E-state index is 0.153. The van der Waals surface area contributed by atoms with Gasteiger partial charge in [0.25, 0.3) is 0 Å². The van der Waals surface area contributed by atoms with Crippen molar-refractivity contribution in [2.45, 2.75) is 44.4 Å². The fourth-order valence-electron chi connectivity index (χ4n) is 6.27. The molecule has 6 rings (SSSR count). The number of fused-ring (bicyclic) bond motifs is 5. The van der Waals surface area contributed by atoms with Crippen LogP contribution in [0.5, 0.6) is 0 Å². The molecular weight excluding hydrogens is 458 g/mol. The Morgan fingerprint density at radius 1 is 1.00 bits per heavy atom. The summed E-state index contributed by atoms with van der Waals surface area (Å²) in [6.07, 6.45) is 7.19. The predicted molar refractivity (Wildman–Crippen MR) is 129 cm³/mol. The van der Waals surface area contributed by atoms with Crippen molar-refractivity contribution >= 4 is 0 Å². The Labute approximate surface area is 207 Å². The molecule has 6 nitrogen and oxygen atoms in total. The standard InChI is InChI=1S/C28H22F2N6/c1-27(2)19-6-9-28(27,24-15-33-23(14-34-24)16-8-11-32-17(12-16)7-10-31)26-18(19)13-22(35-36-26)25-20(29)4-3-5-21(25)30/h3-5,8,11-15,19H,6-7,9H2,1-2H3/t19-,28-/m0/s1. The van der Waals surface area contributed by atoms with Gasteiger partial charge in [0.1, 0.15) is 11.6 Å². The highest BCUT2D eigenvalue weighted by Gasteiger charge is 2.65. The van der Waals surface area contributed by atoms with E-state index in [4.69, 9.17) is 15.2 Å². The second-order valence-corrected chi connectivity index (χ2v) is 10.0. The molecule has 0 saturated heterocycles. The Morgan fingerprint density at radius 3 is 2.53 bits per heavy atom. The molecule has 0 spiro atoms. The largest absolute Gasteiger partial charge is 0.260 e. The predicted octanol–water partition coefficient (Wildman–Crippen LogP) is 5.54. The minimum Gasteiger partial charge on any atom is -0.260 e. The van der Waals surface area contributed by atoms with Gasteiger partial charge in [-0.2, -0.15) is 10.4 Å². The van der Waals surface area contributed by atoms with E-state index < -0.39 is 17.0 Å². The Morgan fingerprint density at radius 2 is 1.81 bits per heavy atom. The van der Waals surface area contributed by atoms with E-state index in [9.17, 15) is 8.78 Å². The Balaban J connectivity index is 1.43. The van der Waals surface area contributed by atoms with Crippen molar-refractivity contribution in [1.29, 1.82) is 5.26 Å². The number of aromatic nitrogens is 5. The van der Waals surface area contributed by atoms with Gasteiger partial charge in [0.15, 0.2) is 0 Å². The first-order chi connectivity index (χ1) is 17.4. The molecule has 3 heterocycles. The summed E-state index contributed by atoms with van der Waals surface area (Å²) < 4.78 is 28.9. The van der Waals surface area contributed by atoms with Gasteiger partial charge in [-0.05, 0) is 60.1 Å². The summed E-state index contributed by atoms with van der Waals surface area (Å²) in [4.78, 5) is 13.8. The van der Waals surface area contributed by atoms with Gasteiger partial charge in [-0.3, -0.25) is 15.0 Å². The molecule has 2 bridgehead atoms. The van der Waals surface area contributed by atoms with Crippen LogP contribution >= 0.6 is 0 Å². The zero-order valence-electron chi connectivity index (χ0n) is 19.8. The molecule has 1 aromatic carbocycles. The van der Waals surface area contributed by atoms with Crippen molar-refractivity contribution < 1.29 is 8.78 Å². The Kier molecular flexibility index (Phi) is 4.94. The highest BCUT2D eigenvalue weighted by Crippen LogP contribution is 2.69. The van der Waals surface area contributed by atoms with Gasteiger partial charge in [0, 0.05) is 11.8 Å². The number of hydrogen-bond acceptors (Lipinski definition) is 6. The second kappa shape index (κ2) is 7.95. The maximum Gasteiger partial charge on any atom is 0.135 e. The van der Waals surface area contributed by atoms with E-state index in [0.29, 0.717) is 11.4 Å². The molecule has 2 aliphatic carbocycles. The second-order valence-electron chi connectivity index (χ2n) is 10.0. The first-order valence-electron chi connectivity index (χ1n) is 11.8. The van der Waals surface area contributed by atoms with E-state index in [1.807, 2.05) is 12.1 Å². The highest BCUT2D eigenvalue weighted by molar-refractivity contribution is 5.64. The van der Waals surface area contributed by atoms with Crippen molar-refractivity contribution in [2.75, 3.05) is 0 Å². The maximum atomic E-state index is 14.5. The van der Waals surface area contributed by atoms with Crippen molar-refractivity contribution in [3.05, 3.63) is 89.3 Å². The third-order valence-electron chi connectivity index (χ3n) is 8.06. The smallest absolute Gasteiger partial charge is 0.135 e. The van der Waals surface area contributed by atoms with Crippen molar-refractivity contribution in [3.8, 4) is 28.6 Å². The number of hydrogen-bond donors (Lipinski definition) is 0. The fraction of sp³-hybridized carbons (Fsp3) is 0.286. The quantitative estimate of drug-likeness (QED) is 0.381. The van der Waals surface area contributed by atoms with E-state index in [1.54, 1.807) is 24.7 Å². The number of benzene rings is 1. The van der Waals surface area contributed by atoms with Crippen molar-refractivity contribution in [1.82, 2.24) is 25.1 Å². The molecule has 0 aliphatic heterocycles. The molecule has 0 N–H and O–H groups in total. The topological polar surface area (TPSA) is 88.2 Å². The van der Waals surface area contributed by atoms with Crippen LogP contribution in [-0.4, -0.2) is 25.1 Å². The van der Waals surface area contributed by atoms with Crippen molar-refractivity contribution in [3.63, 3.8) is 0 Å². The molecule has 0 radical (unpaired) electrons. The molecule has 8 heteroatoms. The molecule has 2 atom stereocenters. The number of nitriles is 1. The highest BCUT2D eigenvalue weighted by atomic mass is 19.1. The van der Waals surface area contributed by atoms with E-state index in [-0.39, 0.29) is 29.0 Å². The molecule has 1 saturated carbocycles. The SMILES string of the molecule is CC1(C)[C@H]2CC[C@]1(c1cnc(-c3ccnc(CC#N)c3)cn1)c1nnc(-c3c(F)cccc3F)cc12. The number of rotatable bonds is 4. The Hall–Kier alpha value is -4.12. The van der Waals surface area contributed by atoms with Crippen LogP contribution in [0.3, 0.4) is 0 Å². The zero-order chi connectivity index (χ0) is 25.1. The first kappa shape index (κ1) is 22.4. The fourth-order valence-corrected chi connectivity index (χ4v) is 6.27. The Bertz CT molecular complexity index is 1520. The van der Waals surface area contributed by atoms with E-state index in [0.717, 1.165) is 35.4 Å². The molecule has 2 aliphatic rings. The summed E-state index contributed by atoms with van der Waals surface area (Å²) >= 11 is 0. The average molecular weight is 481 g/mol. The maximum absolute atomic E-state index is 14.5. The normalized spacial score (nSPS) is 21.2. The molecule has 3 aromatic heterocycles. The van der Waals surface area contributed by atoms with Crippen LogP contribution in [0.4, 0.5) is 8.78 Å². The van der Waals surface area contributed by atoms with Gasteiger partial charge in [-0.25, -0.2) is 8.78 Å². The minimum atomic E-state index is -0.656. The zero-order valence-corrected chi connectivity index (χ0v) is 19.8. The van der Waals surface area contributed by atoms with Gasteiger partial charge in [-0.15, -0.1) is 5.10 Å². The summed E-state index contributed by atoms with van der Waals surface area (Å²) in [6, 6.07) is 11.4. The van der Waals surface area contributed by atoms with E-state index >= 15 is 0 Å². The number of pyridine rings is 1. The van der Waals surface area contributed by atoms with Gasteiger partial charge < -0.3 is 0 Å². The van der Waals surface area contributed by atoms with Crippen molar-refractivity contribution in [2.24, 2.45) is 5.41 Å². The summed E-state index contributed by atoms with van der Waals surface area (Å²) in [6.45, 7) is 4.39. The summed E-state index contributed by atoms with van der Waals surface area (Å²) in [5.41, 5.74) is 4.13. The molecule has 178 valence electrons. The van der Waals surface area contributed by atoms with Crippen LogP contribution in [0.15, 0.2) is 55.0 Å². The van der Waals surface area contributed by atoms with Crippen LogP contribution in [0.25, 0.3) is 22.5 Å². The third-order valence-corrected chi connectivity index (χ3v) is 8.06. The van der Waals surface area contributed by atoms with Crippen LogP contribution in [0, 0.1) is 28.4 Å². The van der Waals surface area contributed by atoms with Gasteiger partial charge in [0.05, 0.1) is 64.3 Å². The monoisotopic (exact) mass is 480 g/mol. The van der Waals surface area contributed by atoms with Crippen LogP contribution < -0.4 is 0 Å². The molecular formula is C28H22F2N6. The van der Waals surface area contributed by atoms with Crippen LogP contribution in [-0.2, 0) is 11.8 Å². The molecule has 0 unspecified atom stereocenters. The lowest BCUT2D eigenvalue weighted by Gasteiger charge is -2.37. The summed E-state index contributed by atoms with van der Waals surface area (Å²) in [5.74, 6) is -1.15. The molecule has 0 amide bonds. The molecule has 1 fully saturated rings. The van der Waals surface area contributed by atoms with Gasteiger partial charge in [-0.1, -0.05) is 19.9 Å². The lowest BCUT2D eigenvalue weighted by molar-refractivity contribution is 0.242. The lowest BCUT2D eigenvalue weighted by atomic mass is 9.66. The third kappa shape index (κ3) is 3.02. The molecule has 4 aromatic rings. The van der Waals surface area contributed by atoms with Crippen LogP contribution in [0.1, 0.15) is 55.3 Å². The lowest BCUT2D eigenvalue weighted by Crippen LogP contribution is -2.38. The first-order valence-corrected chi connectivity index (χ1v) is 11.8. The van der Waals surface area contributed by atoms with Crippen LogP contribution in [0.2, 0.25) is 0 Å². The number of halogens is 2. The van der Waals surface area contributed by atoms with Gasteiger partial charge >= 0.3 is 0 Å². The van der Waals surface area contributed by atoms with E-state index in [1.165, 1.54) is 18.2 Å². The van der Waals surface area contributed by atoms with Gasteiger partial charge in [0.2, 0.25) is 0 Å². The number of nitrogens with zero attached hydrogens (tertiary/aromatic N) is 6. The molecule has 36 heavy (non-hydrogen) atoms.